The molecule has 0 bridgehead atoms. The molecule has 0 fully saturated rings. The van der Waals surface area contributed by atoms with Gasteiger partial charge < -0.3 is 5.32 Å². The summed E-state index contributed by atoms with van der Waals surface area (Å²) >= 11 is 1.63. The number of nitriles is 1. The van der Waals surface area contributed by atoms with Gasteiger partial charge in [-0.2, -0.15) is 30.2 Å². The van der Waals surface area contributed by atoms with Crippen LogP contribution in [0.1, 0.15) is 11.1 Å². The first-order valence-electron chi connectivity index (χ1n) is 4.83. The van der Waals surface area contributed by atoms with Crippen molar-refractivity contribution in [2.75, 3.05) is 23.9 Å². The van der Waals surface area contributed by atoms with E-state index in [0.29, 0.717) is 12.2 Å². The number of hydrogen-bond donors (Lipinski definition) is 1. The molecule has 0 saturated heterocycles. The molecular formula is C11H11F3N2S. The fourth-order valence-electron chi connectivity index (χ4n) is 1.29. The number of hydrogen-bond acceptors (Lipinski definition) is 3. The van der Waals surface area contributed by atoms with Gasteiger partial charge in [-0.1, -0.05) is 0 Å². The van der Waals surface area contributed by atoms with Gasteiger partial charge in [0.05, 0.1) is 17.2 Å². The van der Waals surface area contributed by atoms with Crippen molar-refractivity contribution in [3.8, 4) is 6.07 Å². The van der Waals surface area contributed by atoms with Crippen LogP contribution < -0.4 is 5.32 Å². The Kier molecular flexibility index (Phi) is 4.70. The van der Waals surface area contributed by atoms with Gasteiger partial charge in [-0.05, 0) is 24.5 Å². The Hall–Kier alpha value is -1.35. The highest BCUT2D eigenvalue weighted by Crippen LogP contribution is 2.32. The number of alkyl halides is 3. The van der Waals surface area contributed by atoms with Crippen molar-refractivity contribution in [1.29, 1.82) is 5.26 Å². The van der Waals surface area contributed by atoms with E-state index in [1.165, 1.54) is 12.1 Å². The van der Waals surface area contributed by atoms with Gasteiger partial charge in [0.25, 0.3) is 0 Å². The molecule has 0 aliphatic heterocycles. The van der Waals surface area contributed by atoms with Crippen molar-refractivity contribution in [3.05, 3.63) is 29.3 Å². The van der Waals surface area contributed by atoms with Crippen LogP contribution in [0.25, 0.3) is 0 Å². The third-order valence-electron chi connectivity index (χ3n) is 2.08. The molecule has 0 atom stereocenters. The summed E-state index contributed by atoms with van der Waals surface area (Å²) in [7, 11) is 0. The minimum absolute atomic E-state index is 0.355. The Bertz CT molecular complexity index is 424. The molecule has 0 aliphatic rings. The molecule has 17 heavy (non-hydrogen) atoms. The van der Waals surface area contributed by atoms with Gasteiger partial charge in [0.15, 0.2) is 0 Å². The highest BCUT2D eigenvalue weighted by Gasteiger charge is 2.33. The Morgan fingerprint density at radius 2 is 2.12 bits per heavy atom. The normalized spacial score (nSPS) is 11.0. The number of nitrogens with one attached hydrogen (secondary N) is 1. The zero-order chi connectivity index (χ0) is 12.9. The van der Waals surface area contributed by atoms with Crippen molar-refractivity contribution in [2.24, 2.45) is 0 Å². The summed E-state index contributed by atoms with van der Waals surface area (Å²) in [4.78, 5) is 0. The first-order chi connectivity index (χ1) is 7.99. The molecule has 0 aromatic heterocycles. The van der Waals surface area contributed by atoms with Crippen LogP contribution in [-0.2, 0) is 6.18 Å². The SMILES string of the molecule is CSCCNc1ccc(C(F)(F)F)c(C#N)c1. The second-order valence-electron chi connectivity index (χ2n) is 3.29. The van der Waals surface area contributed by atoms with Gasteiger partial charge in [-0.3, -0.25) is 0 Å². The molecule has 1 aromatic rings. The quantitative estimate of drug-likeness (QED) is 0.843. The standard InChI is InChI=1S/C11H11F3N2S/c1-17-5-4-16-9-2-3-10(11(12,13)14)8(6-9)7-15/h2-3,6,16H,4-5H2,1H3. The number of halogens is 3. The summed E-state index contributed by atoms with van der Waals surface area (Å²) in [6, 6.07) is 5.06. The van der Waals surface area contributed by atoms with Crippen LogP contribution in [0, 0.1) is 11.3 Å². The zero-order valence-corrected chi connectivity index (χ0v) is 9.95. The lowest BCUT2D eigenvalue weighted by atomic mass is 10.1. The predicted octanol–water partition coefficient (Wildman–Crippen LogP) is 3.35. The number of rotatable bonds is 4. The van der Waals surface area contributed by atoms with Gasteiger partial charge in [0.1, 0.15) is 0 Å². The molecule has 2 nitrogen and oxygen atoms in total. The average Bonchev–Trinajstić information content (AvgIpc) is 2.28. The fourth-order valence-corrected chi connectivity index (χ4v) is 1.60. The van der Waals surface area contributed by atoms with Crippen LogP contribution >= 0.6 is 11.8 Å². The van der Waals surface area contributed by atoms with E-state index in [0.717, 1.165) is 11.8 Å². The second kappa shape index (κ2) is 5.82. The molecule has 0 spiro atoms. The Morgan fingerprint density at radius 3 is 2.65 bits per heavy atom. The molecule has 6 heteroatoms. The highest BCUT2D eigenvalue weighted by atomic mass is 32.2. The van der Waals surface area contributed by atoms with Crippen LogP contribution in [0.4, 0.5) is 18.9 Å². The van der Waals surface area contributed by atoms with Crippen LogP contribution in [0.5, 0.6) is 0 Å². The maximum atomic E-state index is 12.5. The molecule has 0 aliphatic carbocycles. The summed E-state index contributed by atoms with van der Waals surface area (Å²) in [6.45, 7) is 0.650. The first-order valence-corrected chi connectivity index (χ1v) is 6.22. The maximum absolute atomic E-state index is 12.5. The van der Waals surface area contributed by atoms with E-state index >= 15 is 0 Å². The van der Waals surface area contributed by atoms with Gasteiger partial charge in [0.2, 0.25) is 0 Å². The topological polar surface area (TPSA) is 35.8 Å². The molecule has 0 amide bonds. The summed E-state index contributed by atoms with van der Waals surface area (Å²) in [5, 5.41) is 11.7. The number of anilines is 1. The Morgan fingerprint density at radius 1 is 1.41 bits per heavy atom. The van der Waals surface area contributed by atoms with Crippen molar-refractivity contribution in [3.63, 3.8) is 0 Å². The van der Waals surface area contributed by atoms with Gasteiger partial charge in [-0.25, -0.2) is 0 Å². The summed E-state index contributed by atoms with van der Waals surface area (Å²) in [5.41, 5.74) is -0.717. The average molecular weight is 260 g/mol. The number of nitrogens with zero attached hydrogens (tertiary/aromatic N) is 1. The minimum Gasteiger partial charge on any atom is -0.384 e. The third-order valence-corrected chi connectivity index (χ3v) is 2.69. The Labute approximate surface area is 102 Å². The molecule has 0 unspecified atom stereocenters. The van der Waals surface area contributed by atoms with Crippen LogP contribution in [0.3, 0.4) is 0 Å². The number of benzene rings is 1. The molecule has 1 N–H and O–H groups in total. The molecule has 92 valence electrons. The minimum atomic E-state index is -4.48. The summed E-state index contributed by atoms with van der Waals surface area (Å²) in [5.74, 6) is 0.850. The predicted molar refractivity (Wildman–Crippen MR) is 63.0 cm³/mol. The van der Waals surface area contributed by atoms with Crippen molar-refractivity contribution < 1.29 is 13.2 Å². The van der Waals surface area contributed by atoms with E-state index in [9.17, 15) is 13.2 Å². The van der Waals surface area contributed by atoms with Crippen LogP contribution in [-0.4, -0.2) is 18.6 Å². The van der Waals surface area contributed by atoms with Gasteiger partial charge in [-0.15, -0.1) is 0 Å². The van der Waals surface area contributed by atoms with Crippen LogP contribution in [0.15, 0.2) is 18.2 Å². The smallest absolute Gasteiger partial charge is 0.384 e. The fraction of sp³-hybridized carbons (Fsp3) is 0.364. The molecule has 1 aromatic carbocycles. The van der Waals surface area contributed by atoms with Crippen molar-refractivity contribution >= 4 is 17.4 Å². The molecule has 0 saturated carbocycles. The molecular weight excluding hydrogens is 249 g/mol. The maximum Gasteiger partial charge on any atom is 0.417 e. The lowest BCUT2D eigenvalue weighted by Crippen LogP contribution is -2.09. The van der Waals surface area contributed by atoms with E-state index in [-0.39, 0.29) is 5.56 Å². The highest BCUT2D eigenvalue weighted by molar-refractivity contribution is 7.98. The number of thioether (sulfide) groups is 1. The summed E-state index contributed by atoms with van der Waals surface area (Å²) < 4.78 is 37.5. The third kappa shape index (κ3) is 3.86. The van der Waals surface area contributed by atoms with E-state index in [2.05, 4.69) is 5.32 Å². The molecule has 0 radical (unpaired) electrons. The first kappa shape index (κ1) is 13.7. The van der Waals surface area contributed by atoms with E-state index in [1.807, 2.05) is 6.26 Å². The lowest BCUT2D eigenvalue weighted by Gasteiger charge is -2.11. The monoisotopic (exact) mass is 260 g/mol. The van der Waals surface area contributed by atoms with Gasteiger partial charge >= 0.3 is 6.18 Å². The van der Waals surface area contributed by atoms with E-state index < -0.39 is 11.7 Å². The second-order valence-corrected chi connectivity index (χ2v) is 4.28. The largest absolute Gasteiger partial charge is 0.417 e. The lowest BCUT2D eigenvalue weighted by molar-refractivity contribution is -0.137. The van der Waals surface area contributed by atoms with Gasteiger partial charge in [0, 0.05) is 18.0 Å². The van der Waals surface area contributed by atoms with Crippen molar-refractivity contribution in [1.82, 2.24) is 0 Å². The van der Waals surface area contributed by atoms with E-state index in [1.54, 1.807) is 17.8 Å². The Balaban J connectivity index is 2.90. The summed E-state index contributed by atoms with van der Waals surface area (Å²) in [6.07, 6.45) is -2.54. The zero-order valence-electron chi connectivity index (χ0n) is 9.14. The molecule has 1 rings (SSSR count). The van der Waals surface area contributed by atoms with E-state index in [4.69, 9.17) is 5.26 Å². The molecule has 0 heterocycles. The van der Waals surface area contributed by atoms with Crippen LogP contribution in [0.2, 0.25) is 0 Å². The van der Waals surface area contributed by atoms with Crippen molar-refractivity contribution in [2.45, 2.75) is 6.18 Å².